The van der Waals surface area contributed by atoms with Gasteiger partial charge in [0.2, 0.25) is 0 Å². The van der Waals surface area contributed by atoms with Crippen molar-refractivity contribution in [1.29, 1.82) is 5.26 Å². The van der Waals surface area contributed by atoms with Gasteiger partial charge in [0.15, 0.2) is 0 Å². The van der Waals surface area contributed by atoms with Gasteiger partial charge in [0, 0.05) is 6.20 Å². The van der Waals surface area contributed by atoms with Crippen molar-refractivity contribution in [3.8, 4) is 6.07 Å². The molecule has 1 aromatic heterocycles. The third-order valence-corrected chi connectivity index (χ3v) is 2.32. The summed E-state index contributed by atoms with van der Waals surface area (Å²) in [5.74, 6) is 0. The molecule has 76 valence electrons. The number of allylic oxidation sites excluding steroid dienone is 3. The van der Waals surface area contributed by atoms with Crippen LogP contribution in [0.1, 0.15) is 12.6 Å². The lowest BCUT2D eigenvalue weighted by Gasteiger charge is -1.98. The van der Waals surface area contributed by atoms with Crippen molar-refractivity contribution in [3.05, 3.63) is 46.2 Å². The summed E-state index contributed by atoms with van der Waals surface area (Å²) in [6, 6.07) is 7.41. The van der Waals surface area contributed by atoms with Crippen LogP contribution in [0.3, 0.4) is 0 Å². The molecule has 1 heterocycles. The molecule has 0 fully saturated rings. The van der Waals surface area contributed by atoms with Gasteiger partial charge in [0.05, 0.1) is 11.3 Å². The molecule has 4 heteroatoms. The Labute approximate surface area is 98.5 Å². The van der Waals surface area contributed by atoms with Crippen LogP contribution in [0.25, 0.3) is 5.57 Å². The van der Waals surface area contributed by atoms with E-state index < -0.39 is 0 Å². The molecule has 0 amide bonds. The predicted octanol–water partition coefficient (Wildman–Crippen LogP) is 3.70. The Hall–Kier alpha value is -1.30. The smallest absolute Gasteiger partial charge is 0.109 e. The molecule has 0 aromatic carbocycles. The molecular formula is C11H8Cl2N2. The predicted molar refractivity (Wildman–Crippen MR) is 62.2 cm³/mol. The molecule has 0 saturated heterocycles. The number of pyridine rings is 1. The zero-order valence-electron chi connectivity index (χ0n) is 8.04. The van der Waals surface area contributed by atoms with Gasteiger partial charge < -0.3 is 0 Å². The summed E-state index contributed by atoms with van der Waals surface area (Å²) < 4.78 is 0.152. The molecule has 0 radical (unpaired) electrons. The van der Waals surface area contributed by atoms with Crippen molar-refractivity contribution < 1.29 is 0 Å². The molecular weight excluding hydrogens is 231 g/mol. The number of rotatable bonds is 2. The second-order valence-corrected chi connectivity index (χ2v) is 3.78. The van der Waals surface area contributed by atoms with Gasteiger partial charge in [0.25, 0.3) is 0 Å². The maximum absolute atomic E-state index is 8.94. The molecule has 0 saturated carbocycles. The Morgan fingerprint density at radius 2 is 2.20 bits per heavy atom. The van der Waals surface area contributed by atoms with Crippen LogP contribution in [0.2, 0.25) is 0 Å². The first kappa shape index (κ1) is 11.8. The lowest BCUT2D eigenvalue weighted by Crippen LogP contribution is -1.86. The molecule has 0 aliphatic carbocycles. The summed E-state index contributed by atoms with van der Waals surface area (Å²) in [6.07, 6.45) is 3.24. The summed E-state index contributed by atoms with van der Waals surface area (Å²) >= 11 is 11.2. The van der Waals surface area contributed by atoms with Crippen LogP contribution in [0.15, 0.2) is 40.5 Å². The molecule has 15 heavy (non-hydrogen) atoms. The second kappa shape index (κ2) is 5.55. The zero-order chi connectivity index (χ0) is 11.3. The molecule has 0 unspecified atom stereocenters. The van der Waals surface area contributed by atoms with E-state index in [2.05, 4.69) is 11.1 Å². The van der Waals surface area contributed by atoms with E-state index in [1.807, 2.05) is 6.07 Å². The fraction of sp³-hybridized carbons (Fsp3) is 0.0909. The Morgan fingerprint density at radius 1 is 1.47 bits per heavy atom. The second-order valence-electron chi connectivity index (χ2n) is 2.83. The van der Waals surface area contributed by atoms with E-state index in [0.29, 0.717) is 16.8 Å². The van der Waals surface area contributed by atoms with E-state index in [1.54, 1.807) is 31.3 Å². The van der Waals surface area contributed by atoms with Crippen LogP contribution in [0, 0.1) is 11.3 Å². The minimum absolute atomic E-state index is 0.152. The standard InChI is InChI=1S/C11H8Cl2N2/c1-8(11(12)13)6-9(7-14)10-4-2-3-5-15-10/h2-6H,1H3/b9-6-. The zero-order valence-corrected chi connectivity index (χ0v) is 9.55. The van der Waals surface area contributed by atoms with E-state index in [0.717, 1.165) is 0 Å². The first-order chi connectivity index (χ1) is 7.15. The lowest BCUT2D eigenvalue weighted by atomic mass is 10.1. The number of hydrogen-bond acceptors (Lipinski definition) is 2. The number of nitrogens with zero attached hydrogens (tertiary/aromatic N) is 2. The van der Waals surface area contributed by atoms with Gasteiger partial charge in [-0.1, -0.05) is 29.3 Å². The Morgan fingerprint density at radius 3 is 2.67 bits per heavy atom. The van der Waals surface area contributed by atoms with Crippen molar-refractivity contribution in [2.45, 2.75) is 6.92 Å². The minimum atomic E-state index is 0.152. The van der Waals surface area contributed by atoms with Gasteiger partial charge in [-0.05, 0) is 30.7 Å². The first-order valence-electron chi connectivity index (χ1n) is 4.20. The maximum Gasteiger partial charge on any atom is 0.109 e. The van der Waals surface area contributed by atoms with Crippen molar-refractivity contribution >= 4 is 28.8 Å². The molecule has 0 atom stereocenters. The summed E-state index contributed by atoms with van der Waals surface area (Å²) in [5, 5.41) is 8.94. The molecule has 2 nitrogen and oxygen atoms in total. The van der Waals surface area contributed by atoms with Gasteiger partial charge in [-0.3, -0.25) is 4.98 Å². The van der Waals surface area contributed by atoms with Gasteiger partial charge in [-0.25, -0.2) is 0 Å². The number of aromatic nitrogens is 1. The van der Waals surface area contributed by atoms with Gasteiger partial charge in [-0.15, -0.1) is 0 Å². The molecule has 0 bridgehead atoms. The molecule has 1 rings (SSSR count). The van der Waals surface area contributed by atoms with E-state index in [-0.39, 0.29) is 4.49 Å². The van der Waals surface area contributed by atoms with Crippen molar-refractivity contribution in [1.82, 2.24) is 4.98 Å². The third-order valence-electron chi connectivity index (χ3n) is 1.72. The van der Waals surface area contributed by atoms with E-state index >= 15 is 0 Å². The highest BCUT2D eigenvalue weighted by atomic mass is 35.5. The summed E-state index contributed by atoms with van der Waals surface area (Å²) in [6.45, 7) is 1.73. The van der Waals surface area contributed by atoms with E-state index in [1.165, 1.54) is 0 Å². The topological polar surface area (TPSA) is 36.7 Å². The van der Waals surface area contributed by atoms with Gasteiger partial charge in [0.1, 0.15) is 10.6 Å². The molecule has 1 aromatic rings. The van der Waals surface area contributed by atoms with Crippen LogP contribution in [0.5, 0.6) is 0 Å². The van der Waals surface area contributed by atoms with Crippen molar-refractivity contribution in [2.75, 3.05) is 0 Å². The highest BCUT2D eigenvalue weighted by molar-refractivity contribution is 6.56. The fourth-order valence-electron chi connectivity index (χ4n) is 0.957. The summed E-state index contributed by atoms with van der Waals surface area (Å²) in [7, 11) is 0. The number of hydrogen-bond donors (Lipinski definition) is 0. The number of halogens is 2. The average molecular weight is 239 g/mol. The SMILES string of the molecule is CC(/C=C(/C#N)c1ccccn1)=C(Cl)Cl. The van der Waals surface area contributed by atoms with Crippen molar-refractivity contribution in [2.24, 2.45) is 0 Å². The Balaban J connectivity index is 3.13. The first-order valence-corrected chi connectivity index (χ1v) is 4.96. The Bertz CT molecular complexity index is 437. The highest BCUT2D eigenvalue weighted by Crippen LogP contribution is 2.19. The summed E-state index contributed by atoms with van der Waals surface area (Å²) in [4.78, 5) is 4.06. The number of nitriles is 1. The van der Waals surface area contributed by atoms with Crippen LogP contribution < -0.4 is 0 Å². The monoisotopic (exact) mass is 238 g/mol. The molecule has 0 N–H and O–H groups in total. The molecule has 0 aliphatic rings. The molecule has 0 aliphatic heterocycles. The van der Waals surface area contributed by atoms with Crippen molar-refractivity contribution in [3.63, 3.8) is 0 Å². The van der Waals surface area contributed by atoms with Gasteiger partial charge >= 0.3 is 0 Å². The van der Waals surface area contributed by atoms with Gasteiger partial charge in [-0.2, -0.15) is 5.26 Å². The highest BCUT2D eigenvalue weighted by Gasteiger charge is 2.02. The largest absolute Gasteiger partial charge is 0.256 e. The van der Waals surface area contributed by atoms with Crippen LogP contribution in [-0.4, -0.2) is 4.98 Å². The van der Waals surface area contributed by atoms with E-state index in [9.17, 15) is 0 Å². The third kappa shape index (κ3) is 3.39. The van der Waals surface area contributed by atoms with E-state index in [4.69, 9.17) is 28.5 Å². The van der Waals surface area contributed by atoms with Crippen LogP contribution in [-0.2, 0) is 0 Å². The quantitative estimate of drug-likeness (QED) is 0.582. The summed E-state index contributed by atoms with van der Waals surface area (Å²) in [5.41, 5.74) is 1.68. The van der Waals surface area contributed by atoms with Crippen LogP contribution in [0.4, 0.5) is 0 Å². The average Bonchev–Trinajstić information content (AvgIpc) is 2.26. The molecule has 0 spiro atoms. The minimum Gasteiger partial charge on any atom is -0.256 e. The Kier molecular flexibility index (Phi) is 4.36. The fourth-order valence-corrected chi connectivity index (χ4v) is 1.07. The lowest BCUT2D eigenvalue weighted by molar-refractivity contribution is 1.28. The normalized spacial score (nSPS) is 10.7. The maximum atomic E-state index is 8.94. The van der Waals surface area contributed by atoms with Crippen LogP contribution >= 0.6 is 23.2 Å².